The van der Waals surface area contributed by atoms with E-state index in [0.29, 0.717) is 0 Å². The van der Waals surface area contributed by atoms with Gasteiger partial charge in [-0.3, -0.25) is 4.98 Å². The van der Waals surface area contributed by atoms with E-state index in [1.54, 1.807) is 12.4 Å². The molecular weight excluding hydrogens is 403 g/mol. The van der Waals surface area contributed by atoms with Crippen molar-refractivity contribution < 1.29 is 13.2 Å². The highest BCUT2D eigenvalue weighted by Crippen LogP contribution is 2.33. The molecule has 2 aromatic rings. The number of nitrogens with zero attached hydrogens (tertiary/aromatic N) is 1. The lowest BCUT2D eigenvalue weighted by atomic mass is 10.3. The predicted octanol–water partition coefficient (Wildman–Crippen LogP) is 3.38. The molecule has 0 amide bonds. The second kappa shape index (κ2) is 6.50. The summed E-state index contributed by atoms with van der Waals surface area (Å²) in [6.07, 6.45) is 3.28. The van der Waals surface area contributed by atoms with Gasteiger partial charge in [-0.05, 0) is 28.1 Å². The first kappa shape index (κ1) is 16.5. The molecule has 0 aliphatic carbocycles. The van der Waals surface area contributed by atoms with Crippen molar-refractivity contribution in [2.45, 2.75) is 11.5 Å². The van der Waals surface area contributed by atoms with Crippen LogP contribution < -0.4 is 9.88 Å². The lowest BCUT2D eigenvalue weighted by Crippen LogP contribution is -2.13. The minimum atomic E-state index is -3.93. The molecular formula is C12H9BrCl2N2O3S. The van der Waals surface area contributed by atoms with Crippen LogP contribution in [0, 0.1) is 0 Å². The van der Waals surface area contributed by atoms with Crippen molar-refractivity contribution >= 4 is 49.2 Å². The van der Waals surface area contributed by atoms with Gasteiger partial charge in [-0.2, -0.15) is 0 Å². The van der Waals surface area contributed by atoms with Crippen LogP contribution >= 0.6 is 39.1 Å². The molecule has 0 spiro atoms. The largest absolute Gasteiger partial charge is 0.487 e. The van der Waals surface area contributed by atoms with Gasteiger partial charge in [0.25, 0.3) is 0 Å². The lowest BCUT2D eigenvalue weighted by Gasteiger charge is -2.10. The maximum absolute atomic E-state index is 11.3. The van der Waals surface area contributed by atoms with Crippen LogP contribution in [0.15, 0.2) is 40.0 Å². The van der Waals surface area contributed by atoms with Gasteiger partial charge in [-0.1, -0.05) is 23.2 Å². The summed E-state index contributed by atoms with van der Waals surface area (Å²) in [4.78, 5) is 3.76. The van der Waals surface area contributed by atoms with Crippen LogP contribution in [0.4, 0.5) is 0 Å². The number of pyridine rings is 1. The molecule has 0 radical (unpaired) electrons. The highest BCUT2D eigenvalue weighted by Gasteiger charge is 2.17. The maximum Gasteiger partial charge on any atom is 0.239 e. The second-order valence-electron chi connectivity index (χ2n) is 4.06. The summed E-state index contributed by atoms with van der Waals surface area (Å²) < 4.78 is 29.0. The van der Waals surface area contributed by atoms with Gasteiger partial charge in [0.15, 0.2) is 0 Å². The summed E-state index contributed by atoms with van der Waals surface area (Å²) in [7, 11) is -3.93. The van der Waals surface area contributed by atoms with E-state index >= 15 is 0 Å². The Morgan fingerprint density at radius 1 is 1.19 bits per heavy atom. The number of sulfonamides is 1. The smallest absolute Gasteiger partial charge is 0.239 e. The number of hydrogen-bond acceptors (Lipinski definition) is 4. The topological polar surface area (TPSA) is 82.3 Å². The maximum atomic E-state index is 11.3. The Labute approximate surface area is 140 Å². The molecule has 5 nitrogen and oxygen atoms in total. The van der Waals surface area contributed by atoms with Crippen LogP contribution in [0.5, 0.6) is 5.75 Å². The van der Waals surface area contributed by atoms with Crippen molar-refractivity contribution in [3.8, 4) is 5.75 Å². The highest BCUT2D eigenvalue weighted by molar-refractivity contribution is 9.10. The summed E-state index contributed by atoms with van der Waals surface area (Å²) in [6.45, 7) is 0.206. The Hall–Kier alpha value is -0.860. The number of halogens is 3. The van der Waals surface area contributed by atoms with Gasteiger partial charge in [0.05, 0.1) is 10.0 Å². The van der Waals surface area contributed by atoms with Crippen LogP contribution in [0.3, 0.4) is 0 Å². The van der Waals surface area contributed by atoms with E-state index < -0.39 is 10.0 Å². The molecule has 0 aliphatic heterocycles. The molecule has 0 aliphatic rings. The molecule has 0 saturated heterocycles. The number of ether oxygens (including phenoxy) is 1. The summed E-state index contributed by atoms with van der Waals surface area (Å²) in [5.41, 5.74) is 0.812. The fraction of sp³-hybridized carbons (Fsp3) is 0.0833. The Morgan fingerprint density at radius 3 is 2.52 bits per heavy atom. The van der Waals surface area contributed by atoms with Crippen molar-refractivity contribution in [3.63, 3.8) is 0 Å². The monoisotopic (exact) mass is 410 g/mol. The first-order valence-corrected chi connectivity index (χ1v) is 8.61. The Bertz CT molecular complexity index is 784. The molecule has 0 bridgehead atoms. The molecule has 0 saturated carbocycles. The van der Waals surface area contributed by atoms with Crippen LogP contribution in [0.25, 0.3) is 0 Å². The van der Waals surface area contributed by atoms with Crippen molar-refractivity contribution in [3.05, 3.63) is 50.7 Å². The van der Waals surface area contributed by atoms with E-state index in [2.05, 4.69) is 20.9 Å². The van der Waals surface area contributed by atoms with Crippen molar-refractivity contribution in [2.75, 3.05) is 0 Å². The van der Waals surface area contributed by atoms with E-state index in [1.165, 1.54) is 6.07 Å². The minimum Gasteiger partial charge on any atom is -0.487 e. The average Bonchev–Trinajstić information content (AvgIpc) is 2.38. The molecule has 2 rings (SSSR count). The van der Waals surface area contributed by atoms with Gasteiger partial charge < -0.3 is 4.74 Å². The molecule has 1 aromatic carbocycles. The number of nitrogens with two attached hydrogens (primary N) is 1. The molecule has 1 heterocycles. The van der Waals surface area contributed by atoms with Crippen molar-refractivity contribution in [2.24, 2.45) is 5.14 Å². The summed E-state index contributed by atoms with van der Waals surface area (Å²) in [5.74, 6) is 0.258. The van der Waals surface area contributed by atoms with Crippen LogP contribution in [-0.2, 0) is 16.6 Å². The molecule has 0 fully saturated rings. The number of aromatic nitrogens is 1. The van der Waals surface area contributed by atoms with Crippen LogP contribution in [-0.4, -0.2) is 13.4 Å². The predicted molar refractivity (Wildman–Crippen MR) is 84.1 cm³/mol. The van der Waals surface area contributed by atoms with E-state index in [0.717, 1.165) is 16.1 Å². The van der Waals surface area contributed by atoms with Gasteiger partial charge in [0.1, 0.15) is 17.3 Å². The minimum absolute atomic E-state index is 0.0516. The first-order valence-electron chi connectivity index (χ1n) is 5.51. The quantitative estimate of drug-likeness (QED) is 0.835. The van der Waals surface area contributed by atoms with E-state index in [-0.39, 0.29) is 27.3 Å². The van der Waals surface area contributed by atoms with Gasteiger partial charge in [0.2, 0.25) is 10.0 Å². The molecule has 0 atom stereocenters. The third-order valence-corrected chi connectivity index (χ3v) is 4.55. The SMILES string of the molecule is NS(=O)(=O)c1cc(Cl)c(OCc2cncc(Br)c2)cc1Cl. The average molecular weight is 412 g/mol. The zero-order valence-corrected chi connectivity index (χ0v) is 14.3. The highest BCUT2D eigenvalue weighted by atomic mass is 79.9. The summed E-state index contributed by atoms with van der Waals surface area (Å²) in [6, 6.07) is 4.31. The zero-order chi connectivity index (χ0) is 15.6. The van der Waals surface area contributed by atoms with Crippen LogP contribution in [0.1, 0.15) is 5.56 Å². The van der Waals surface area contributed by atoms with E-state index in [4.69, 9.17) is 33.1 Å². The molecule has 112 valence electrons. The van der Waals surface area contributed by atoms with Crippen molar-refractivity contribution in [1.29, 1.82) is 0 Å². The summed E-state index contributed by atoms with van der Waals surface area (Å²) in [5, 5.41) is 5.08. The number of hydrogen-bond donors (Lipinski definition) is 1. The van der Waals surface area contributed by atoms with Gasteiger partial charge in [-0.25, -0.2) is 13.6 Å². The second-order valence-corrected chi connectivity index (χ2v) is 7.32. The standard InChI is InChI=1S/C12H9BrCl2N2O3S/c13-8-1-7(4-17-5-8)6-20-11-2-10(15)12(3-9(11)14)21(16,18)19/h1-5H,6H2,(H2,16,18,19). The molecule has 21 heavy (non-hydrogen) atoms. The molecule has 1 aromatic heterocycles. The number of primary sulfonamides is 1. The van der Waals surface area contributed by atoms with Gasteiger partial charge >= 0.3 is 0 Å². The fourth-order valence-electron chi connectivity index (χ4n) is 1.53. The number of benzene rings is 1. The first-order chi connectivity index (χ1) is 9.77. The molecule has 9 heteroatoms. The number of rotatable bonds is 4. The van der Waals surface area contributed by atoms with Crippen LogP contribution in [0.2, 0.25) is 10.0 Å². The normalized spacial score (nSPS) is 11.4. The third-order valence-electron chi connectivity index (χ3n) is 2.45. The Balaban J connectivity index is 2.24. The summed E-state index contributed by atoms with van der Waals surface area (Å²) >= 11 is 15.2. The Kier molecular flexibility index (Phi) is 5.11. The Morgan fingerprint density at radius 2 is 1.90 bits per heavy atom. The third kappa shape index (κ3) is 4.31. The molecule has 2 N–H and O–H groups in total. The van der Waals surface area contributed by atoms with Gasteiger partial charge in [-0.15, -0.1) is 0 Å². The lowest BCUT2D eigenvalue weighted by molar-refractivity contribution is 0.305. The van der Waals surface area contributed by atoms with E-state index in [1.807, 2.05) is 6.07 Å². The van der Waals surface area contributed by atoms with Gasteiger partial charge in [0, 0.05) is 28.5 Å². The van der Waals surface area contributed by atoms with Crippen molar-refractivity contribution in [1.82, 2.24) is 4.98 Å². The van der Waals surface area contributed by atoms with E-state index in [9.17, 15) is 8.42 Å². The fourth-order valence-corrected chi connectivity index (χ4v) is 3.32. The molecule has 0 unspecified atom stereocenters. The zero-order valence-electron chi connectivity index (χ0n) is 10.4.